The molecule has 0 heterocycles. The van der Waals surface area contributed by atoms with E-state index in [0.717, 1.165) is 37.8 Å². The van der Waals surface area contributed by atoms with Crippen LogP contribution in [0.3, 0.4) is 0 Å². The van der Waals surface area contributed by atoms with Crippen molar-refractivity contribution in [2.45, 2.75) is 45.1 Å². The third-order valence-electron chi connectivity index (χ3n) is 4.34. The van der Waals surface area contributed by atoms with Crippen LogP contribution in [0.2, 0.25) is 0 Å². The van der Waals surface area contributed by atoms with Crippen LogP contribution in [-0.4, -0.2) is 32.9 Å². The molecule has 1 aromatic carbocycles. The van der Waals surface area contributed by atoms with Crippen LogP contribution >= 0.6 is 0 Å². The van der Waals surface area contributed by atoms with Crippen LogP contribution in [0, 0.1) is 5.92 Å². The average molecular weight is 291 g/mol. The van der Waals surface area contributed by atoms with E-state index in [2.05, 4.69) is 24.4 Å². The van der Waals surface area contributed by atoms with Crippen molar-refractivity contribution in [2.24, 2.45) is 5.92 Å². The zero-order valence-electron chi connectivity index (χ0n) is 13.4. The molecule has 118 valence electrons. The van der Waals surface area contributed by atoms with E-state index < -0.39 is 0 Å². The molecule has 0 aliphatic heterocycles. The quantitative estimate of drug-likeness (QED) is 0.744. The van der Waals surface area contributed by atoms with Gasteiger partial charge in [0.05, 0.1) is 6.61 Å². The number of ether oxygens (including phenoxy) is 2. The van der Waals surface area contributed by atoms with Crippen LogP contribution < -0.4 is 10.1 Å². The Bertz CT molecular complexity index is 383. The van der Waals surface area contributed by atoms with Crippen LogP contribution in [0.4, 0.5) is 0 Å². The molecular formula is C18H29NO2. The van der Waals surface area contributed by atoms with Crippen LogP contribution in [0.1, 0.15) is 38.2 Å². The summed E-state index contributed by atoms with van der Waals surface area (Å²) in [7, 11) is 1.73. The first kappa shape index (κ1) is 16.3. The molecule has 2 rings (SSSR count). The molecule has 0 aromatic heterocycles. The lowest BCUT2D eigenvalue weighted by Gasteiger charge is -2.27. The number of hydrogen-bond donors (Lipinski definition) is 1. The SMILES string of the molecule is COCCc1ccc(OCCNC2CCC(C)CC2)cc1. The maximum Gasteiger partial charge on any atom is 0.119 e. The molecule has 0 bridgehead atoms. The second-order valence-corrected chi connectivity index (χ2v) is 6.15. The number of benzene rings is 1. The molecule has 1 fully saturated rings. The van der Waals surface area contributed by atoms with Gasteiger partial charge in [0.15, 0.2) is 0 Å². The molecule has 0 spiro atoms. The molecule has 1 aliphatic rings. The van der Waals surface area contributed by atoms with Gasteiger partial charge in [-0.2, -0.15) is 0 Å². The molecule has 0 saturated heterocycles. The Morgan fingerprint density at radius 3 is 2.43 bits per heavy atom. The van der Waals surface area contributed by atoms with Gasteiger partial charge in [-0.15, -0.1) is 0 Å². The summed E-state index contributed by atoms with van der Waals surface area (Å²) in [5, 5.41) is 3.61. The van der Waals surface area contributed by atoms with Crippen molar-refractivity contribution >= 4 is 0 Å². The van der Waals surface area contributed by atoms with Crippen LogP contribution in [0.25, 0.3) is 0 Å². The van der Waals surface area contributed by atoms with Gasteiger partial charge in [0, 0.05) is 19.7 Å². The van der Waals surface area contributed by atoms with Crippen LogP contribution in [-0.2, 0) is 11.2 Å². The Morgan fingerprint density at radius 1 is 1.05 bits per heavy atom. The van der Waals surface area contributed by atoms with Crippen molar-refractivity contribution in [3.8, 4) is 5.75 Å². The molecule has 0 radical (unpaired) electrons. The fourth-order valence-electron chi connectivity index (χ4n) is 2.87. The lowest BCUT2D eigenvalue weighted by molar-refractivity contribution is 0.202. The summed E-state index contributed by atoms with van der Waals surface area (Å²) < 4.78 is 10.9. The van der Waals surface area contributed by atoms with Crippen molar-refractivity contribution in [3.63, 3.8) is 0 Å². The summed E-state index contributed by atoms with van der Waals surface area (Å²) in [6.45, 7) is 4.80. The van der Waals surface area contributed by atoms with E-state index in [4.69, 9.17) is 9.47 Å². The Labute approximate surface area is 129 Å². The number of nitrogens with one attached hydrogen (secondary N) is 1. The summed E-state index contributed by atoms with van der Waals surface area (Å²) in [5.74, 6) is 1.87. The number of rotatable bonds is 8. The van der Waals surface area contributed by atoms with E-state index in [1.165, 1.54) is 31.2 Å². The molecule has 1 aliphatic carbocycles. The summed E-state index contributed by atoms with van der Waals surface area (Å²) >= 11 is 0. The topological polar surface area (TPSA) is 30.5 Å². The average Bonchev–Trinajstić information content (AvgIpc) is 2.52. The largest absolute Gasteiger partial charge is 0.492 e. The Hall–Kier alpha value is -1.06. The van der Waals surface area contributed by atoms with Crippen molar-refractivity contribution in [3.05, 3.63) is 29.8 Å². The molecule has 3 heteroatoms. The van der Waals surface area contributed by atoms with E-state index in [9.17, 15) is 0 Å². The minimum Gasteiger partial charge on any atom is -0.492 e. The number of hydrogen-bond acceptors (Lipinski definition) is 3. The highest BCUT2D eigenvalue weighted by Crippen LogP contribution is 2.23. The standard InChI is InChI=1S/C18H29NO2/c1-15-3-7-17(8-4-15)19-12-14-21-18-9-5-16(6-10-18)11-13-20-2/h5-6,9-10,15,17,19H,3-4,7-8,11-14H2,1-2H3. The van der Waals surface area contributed by atoms with Gasteiger partial charge in [0.2, 0.25) is 0 Å². The van der Waals surface area contributed by atoms with Gasteiger partial charge < -0.3 is 14.8 Å². The predicted octanol–water partition coefficient (Wildman–Crippen LogP) is 3.42. The van der Waals surface area contributed by atoms with Crippen molar-refractivity contribution < 1.29 is 9.47 Å². The normalized spacial score (nSPS) is 22.2. The first-order chi connectivity index (χ1) is 10.3. The van der Waals surface area contributed by atoms with Gasteiger partial charge in [0.1, 0.15) is 12.4 Å². The first-order valence-corrected chi connectivity index (χ1v) is 8.22. The first-order valence-electron chi connectivity index (χ1n) is 8.22. The molecule has 1 aromatic rings. The van der Waals surface area contributed by atoms with Crippen LogP contribution in [0.15, 0.2) is 24.3 Å². The molecule has 0 atom stereocenters. The predicted molar refractivity (Wildman–Crippen MR) is 86.9 cm³/mol. The van der Waals surface area contributed by atoms with Gasteiger partial charge in [-0.05, 0) is 55.7 Å². The van der Waals surface area contributed by atoms with Gasteiger partial charge in [-0.1, -0.05) is 19.1 Å². The molecule has 21 heavy (non-hydrogen) atoms. The third kappa shape index (κ3) is 6.06. The molecule has 1 saturated carbocycles. The second-order valence-electron chi connectivity index (χ2n) is 6.15. The summed E-state index contributed by atoms with van der Waals surface area (Å²) in [5.41, 5.74) is 1.29. The smallest absolute Gasteiger partial charge is 0.119 e. The molecular weight excluding hydrogens is 262 g/mol. The van der Waals surface area contributed by atoms with Gasteiger partial charge in [-0.3, -0.25) is 0 Å². The molecule has 1 N–H and O–H groups in total. The minimum absolute atomic E-state index is 0.696. The van der Waals surface area contributed by atoms with Crippen molar-refractivity contribution in [1.82, 2.24) is 5.32 Å². The van der Waals surface area contributed by atoms with E-state index >= 15 is 0 Å². The fraction of sp³-hybridized carbons (Fsp3) is 0.667. The Morgan fingerprint density at radius 2 is 1.76 bits per heavy atom. The summed E-state index contributed by atoms with van der Waals surface area (Å²) in [4.78, 5) is 0. The lowest BCUT2D eigenvalue weighted by Crippen LogP contribution is -2.35. The zero-order valence-corrected chi connectivity index (χ0v) is 13.4. The fourth-order valence-corrected chi connectivity index (χ4v) is 2.87. The minimum atomic E-state index is 0.696. The van der Waals surface area contributed by atoms with E-state index in [0.29, 0.717) is 6.04 Å². The highest BCUT2D eigenvalue weighted by molar-refractivity contribution is 5.27. The molecule has 0 unspecified atom stereocenters. The summed E-state index contributed by atoms with van der Waals surface area (Å²) in [6, 6.07) is 9.02. The maximum atomic E-state index is 5.78. The molecule has 3 nitrogen and oxygen atoms in total. The van der Waals surface area contributed by atoms with E-state index in [-0.39, 0.29) is 0 Å². The van der Waals surface area contributed by atoms with Gasteiger partial charge >= 0.3 is 0 Å². The lowest BCUT2D eigenvalue weighted by atomic mass is 9.87. The monoisotopic (exact) mass is 291 g/mol. The van der Waals surface area contributed by atoms with Gasteiger partial charge in [0.25, 0.3) is 0 Å². The highest BCUT2D eigenvalue weighted by atomic mass is 16.5. The van der Waals surface area contributed by atoms with Crippen molar-refractivity contribution in [1.29, 1.82) is 0 Å². The number of methoxy groups -OCH3 is 1. The Balaban J connectivity index is 1.60. The maximum absolute atomic E-state index is 5.78. The Kier molecular flexibility index (Phi) is 7.04. The van der Waals surface area contributed by atoms with Gasteiger partial charge in [-0.25, -0.2) is 0 Å². The second kappa shape index (κ2) is 9.06. The van der Waals surface area contributed by atoms with E-state index in [1.807, 2.05) is 12.1 Å². The highest BCUT2D eigenvalue weighted by Gasteiger charge is 2.17. The zero-order chi connectivity index (χ0) is 14.9. The van der Waals surface area contributed by atoms with Crippen molar-refractivity contribution in [2.75, 3.05) is 26.9 Å². The molecule has 0 amide bonds. The summed E-state index contributed by atoms with van der Waals surface area (Å²) in [6.07, 6.45) is 6.31. The third-order valence-corrected chi connectivity index (χ3v) is 4.34. The van der Waals surface area contributed by atoms with Crippen LogP contribution in [0.5, 0.6) is 5.75 Å². The van der Waals surface area contributed by atoms with E-state index in [1.54, 1.807) is 7.11 Å².